The van der Waals surface area contributed by atoms with Crippen molar-refractivity contribution in [3.05, 3.63) is 53.9 Å². The topological polar surface area (TPSA) is 89.0 Å². The van der Waals surface area contributed by atoms with E-state index in [2.05, 4.69) is 15.5 Å². The zero-order valence-corrected chi connectivity index (χ0v) is 11.7. The number of carbonyl (C=O) groups excluding carboxylic acids is 1. The van der Waals surface area contributed by atoms with E-state index in [9.17, 15) is 13.2 Å². The average molecular weight is 312 g/mol. The van der Waals surface area contributed by atoms with Crippen molar-refractivity contribution in [2.24, 2.45) is 0 Å². The molecule has 0 bridgehead atoms. The van der Waals surface area contributed by atoms with Crippen LogP contribution in [0.15, 0.2) is 47.6 Å². The van der Waals surface area contributed by atoms with Gasteiger partial charge in [-0.15, -0.1) is 0 Å². The standard InChI is InChI=1S/C12H10ClN3O3S/c13-20(18,19)11-3-1-9(2-4-11)7-14-12(17)10-5-6-15-16-8-10/h1-6,8H,7H2,(H,14,17). The van der Waals surface area contributed by atoms with Crippen molar-refractivity contribution in [2.45, 2.75) is 11.4 Å². The van der Waals surface area contributed by atoms with E-state index < -0.39 is 9.05 Å². The Morgan fingerprint density at radius 3 is 2.40 bits per heavy atom. The van der Waals surface area contributed by atoms with E-state index in [-0.39, 0.29) is 17.3 Å². The highest BCUT2D eigenvalue weighted by molar-refractivity contribution is 8.13. The van der Waals surface area contributed by atoms with Crippen molar-refractivity contribution in [3.63, 3.8) is 0 Å². The third kappa shape index (κ3) is 3.75. The predicted octanol–water partition coefficient (Wildman–Crippen LogP) is 1.33. The fourth-order valence-electron chi connectivity index (χ4n) is 1.48. The Kier molecular flexibility index (Phi) is 4.31. The van der Waals surface area contributed by atoms with E-state index in [1.807, 2.05) is 0 Å². The van der Waals surface area contributed by atoms with Crippen LogP contribution in [0.4, 0.5) is 0 Å². The van der Waals surface area contributed by atoms with E-state index >= 15 is 0 Å². The van der Waals surface area contributed by atoms with E-state index in [1.54, 1.807) is 18.2 Å². The first kappa shape index (κ1) is 14.4. The lowest BCUT2D eigenvalue weighted by Crippen LogP contribution is -2.22. The summed E-state index contributed by atoms with van der Waals surface area (Å²) in [6.45, 7) is 0.268. The molecule has 0 aliphatic rings. The van der Waals surface area contributed by atoms with Gasteiger partial charge in [-0.1, -0.05) is 12.1 Å². The molecule has 0 radical (unpaired) electrons. The molecule has 0 aliphatic carbocycles. The second-order valence-electron chi connectivity index (χ2n) is 3.90. The molecular weight excluding hydrogens is 302 g/mol. The number of amides is 1. The average Bonchev–Trinajstić information content (AvgIpc) is 2.45. The zero-order chi connectivity index (χ0) is 14.6. The number of carbonyl (C=O) groups is 1. The molecule has 0 saturated heterocycles. The Labute approximate surface area is 120 Å². The molecule has 0 spiro atoms. The van der Waals surface area contributed by atoms with Crippen LogP contribution in [0.25, 0.3) is 0 Å². The highest BCUT2D eigenvalue weighted by Crippen LogP contribution is 2.15. The smallest absolute Gasteiger partial charge is 0.261 e. The summed E-state index contributed by atoms with van der Waals surface area (Å²) in [5.41, 5.74) is 1.16. The largest absolute Gasteiger partial charge is 0.348 e. The summed E-state index contributed by atoms with van der Waals surface area (Å²) in [7, 11) is 1.48. The van der Waals surface area contributed by atoms with Crippen molar-refractivity contribution in [1.29, 1.82) is 0 Å². The second-order valence-corrected chi connectivity index (χ2v) is 6.46. The maximum atomic E-state index is 11.7. The molecule has 8 heteroatoms. The van der Waals surface area contributed by atoms with Gasteiger partial charge in [0, 0.05) is 17.2 Å². The van der Waals surface area contributed by atoms with Gasteiger partial charge in [0.05, 0.1) is 22.9 Å². The number of hydrogen-bond acceptors (Lipinski definition) is 5. The Morgan fingerprint density at radius 1 is 1.15 bits per heavy atom. The van der Waals surface area contributed by atoms with E-state index in [4.69, 9.17) is 10.7 Å². The normalized spacial score (nSPS) is 11.1. The minimum absolute atomic E-state index is 0.0209. The molecule has 104 valence electrons. The van der Waals surface area contributed by atoms with Crippen molar-refractivity contribution in [1.82, 2.24) is 15.5 Å². The van der Waals surface area contributed by atoms with Crippen LogP contribution in [-0.2, 0) is 15.6 Å². The molecule has 6 nitrogen and oxygen atoms in total. The first-order chi connectivity index (χ1) is 9.47. The van der Waals surface area contributed by atoms with Gasteiger partial charge in [-0.05, 0) is 23.8 Å². The van der Waals surface area contributed by atoms with Gasteiger partial charge >= 0.3 is 0 Å². The summed E-state index contributed by atoms with van der Waals surface area (Å²) >= 11 is 0. The van der Waals surface area contributed by atoms with E-state index in [1.165, 1.54) is 24.5 Å². The molecule has 1 aromatic carbocycles. The maximum absolute atomic E-state index is 11.7. The van der Waals surface area contributed by atoms with Crippen LogP contribution in [0, 0.1) is 0 Å². The summed E-state index contributed by atoms with van der Waals surface area (Å²) in [5.74, 6) is -0.283. The van der Waals surface area contributed by atoms with Crippen molar-refractivity contribution >= 4 is 25.6 Å². The van der Waals surface area contributed by atoms with Gasteiger partial charge in [0.1, 0.15) is 0 Å². The van der Waals surface area contributed by atoms with Crippen LogP contribution in [0.5, 0.6) is 0 Å². The lowest BCUT2D eigenvalue weighted by molar-refractivity contribution is 0.0950. The molecule has 0 fully saturated rings. The summed E-state index contributed by atoms with van der Waals surface area (Å²) < 4.78 is 22.2. The lowest BCUT2D eigenvalue weighted by Gasteiger charge is -2.05. The van der Waals surface area contributed by atoms with Crippen molar-refractivity contribution < 1.29 is 13.2 Å². The monoisotopic (exact) mass is 311 g/mol. The second kappa shape index (κ2) is 5.98. The van der Waals surface area contributed by atoms with Gasteiger partial charge < -0.3 is 5.32 Å². The third-order valence-corrected chi connectivity index (χ3v) is 3.87. The summed E-state index contributed by atoms with van der Waals surface area (Å²) in [4.78, 5) is 11.8. The predicted molar refractivity (Wildman–Crippen MR) is 72.7 cm³/mol. The number of nitrogens with zero attached hydrogens (tertiary/aromatic N) is 2. The molecule has 1 N–H and O–H groups in total. The van der Waals surface area contributed by atoms with Crippen LogP contribution >= 0.6 is 10.7 Å². The van der Waals surface area contributed by atoms with Crippen molar-refractivity contribution in [3.8, 4) is 0 Å². The molecule has 2 aromatic rings. The number of rotatable bonds is 4. The number of aromatic nitrogens is 2. The molecule has 0 atom stereocenters. The summed E-state index contributed by atoms with van der Waals surface area (Å²) in [5, 5.41) is 9.87. The van der Waals surface area contributed by atoms with Crippen molar-refractivity contribution in [2.75, 3.05) is 0 Å². The number of hydrogen-bond donors (Lipinski definition) is 1. The molecule has 2 rings (SSSR count). The molecular formula is C12H10ClN3O3S. The lowest BCUT2D eigenvalue weighted by atomic mass is 10.2. The SMILES string of the molecule is O=C(NCc1ccc(S(=O)(=O)Cl)cc1)c1ccnnc1. The van der Waals surface area contributed by atoms with Crippen LogP contribution in [0.2, 0.25) is 0 Å². The van der Waals surface area contributed by atoms with Gasteiger partial charge in [-0.3, -0.25) is 4.79 Å². The molecule has 1 aromatic heterocycles. The molecule has 0 unspecified atom stereocenters. The van der Waals surface area contributed by atoms with E-state index in [0.29, 0.717) is 5.56 Å². The van der Waals surface area contributed by atoms with E-state index in [0.717, 1.165) is 5.56 Å². The van der Waals surface area contributed by atoms with Crippen LogP contribution in [0.3, 0.4) is 0 Å². The summed E-state index contributed by atoms with van der Waals surface area (Å²) in [6, 6.07) is 7.49. The molecule has 1 heterocycles. The molecule has 0 saturated carbocycles. The van der Waals surface area contributed by atoms with Gasteiger partial charge in [0.2, 0.25) is 0 Å². The Morgan fingerprint density at radius 2 is 1.85 bits per heavy atom. The molecule has 0 aliphatic heterocycles. The minimum atomic E-state index is -3.72. The highest BCUT2D eigenvalue weighted by atomic mass is 35.7. The van der Waals surface area contributed by atoms with Gasteiger partial charge in [0.15, 0.2) is 0 Å². The first-order valence-electron chi connectivity index (χ1n) is 5.55. The number of benzene rings is 1. The Bertz CT molecular complexity index is 702. The van der Waals surface area contributed by atoms with Crippen LogP contribution < -0.4 is 5.32 Å². The van der Waals surface area contributed by atoms with Gasteiger partial charge in [-0.25, -0.2) is 8.42 Å². The maximum Gasteiger partial charge on any atom is 0.261 e. The number of nitrogens with one attached hydrogen (secondary N) is 1. The number of halogens is 1. The Hall–Kier alpha value is -1.99. The van der Waals surface area contributed by atoms with Gasteiger partial charge in [-0.2, -0.15) is 10.2 Å². The van der Waals surface area contributed by atoms with Crippen LogP contribution in [0.1, 0.15) is 15.9 Å². The van der Waals surface area contributed by atoms with Gasteiger partial charge in [0.25, 0.3) is 15.0 Å². The third-order valence-electron chi connectivity index (χ3n) is 2.50. The fourth-order valence-corrected chi connectivity index (χ4v) is 2.25. The quantitative estimate of drug-likeness (QED) is 0.861. The summed E-state index contributed by atoms with van der Waals surface area (Å²) in [6.07, 6.45) is 2.79. The van der Waals surface area contributed by atoms with Crippen LogP contribution in [-0.4, -0.2) is 24.5 Å². The Balaban J connectivity index is 2.00. The molecule has 1 amide bonds. The first-order valence-corrected chi connectivity index (χ1v) is 7.86. The fraction of sp³-hybridized carbons (Fsp3) is 0.0833. The highest BCUT2D eigenvalue weighted by Gasteiger charge is 2.09. The minimum Gasteiger partial charge on any atom is -0.348 e. The molecule has 20 heavy (non-hydrogen) atoms. The zero-order valence-electron chi connectivity index (χ0n) is 10.2.